The first-order chi connectivity index (χ1) is 11.4. The molecule has 2 aromatic carbocycles. The number of ketones is 2. The molecule has 0 fully saturated rings. The molecular formula is C17H14N2O5. The highest BCUT2D eigenvalue weighted by Crippen LogP contribution is 2.41. The van der Waals surface area contributed by atoms with E-state index in [1.54, 1.807) is 6.92 Å². The predicted octanol–water partition coefficient (Wildman–Crippen LogP) is 1.80. The number of hydrogen-bond donors (Lipinski definition) is 4. The Morgan fingerprint density at radius 3 is 2.12 bits per heavy atom. The maximum atomic E-state index is 12.8. The van der Waals surface area contributed by atoms with Crippen molar-refractivity contribution in [3.05, 3.63) is 46.5 Å². The number of nitrogen functional groups attached to an aromatic ring is 1. The molecule has 3 rings (SSSR count). The van der Waals surface area contributed by atoms with Crippen LogP contribution in [0.5, 0.6) is 11.5 Å². The number of phenolic OH excluding ortho intramolecular Hbond substituents is 2. The van der Waals surface area contributed by atoms with Crippen LogP contribution in [0, 0.1) is 0 Å². The topological polar surface area (TPSA) is 130 Å². The Kier molecular flexibility index (Phi) is 3.48. The Morgan fingerprint density at radius 1 is 0.958 bits per heavy atom. The number of rotatable bonds is 2. The fraction of sp³-hybridized carbons (Fsp3) is 0.118. The van der Waals surface area contributed by atoms with Gasteiger partial charge in [-0.15, -0.1) is 0 Å². The molecule has 2 aromatic rings. The Balaban J connectivity index is 2.32. The number of aromatic hydroxyl groups is 2. The molecule has 1 aliphatic carbocycles. The summed E-state index contributed by atoms with van der Waals surface area (Å²) < 4.78 is 0. The van der Waals surface area contributed by atoms with Gasteiger partial charge in [-0.1, -0.05) is 6.92 Å². The number of carbonyl (C=O) groups is 3. The molecule has 5 N–H and O–H groups in total. The van der Waals surface area contributed by atoms with Crippen LogP contribution in [-0.4, -0.2) is 27.7 Å². The highest BCUT2D eigenvalue weighted by atomic mass is 16.3. The van der Waals surface area contributed by atoms with E-state index in [2.05, 4.69) is 5.32 Å². The van der Waals surface area contributed by atoms with Crippen LogP contribution in [0.25, 0.3) is 0 Å². The number of anilines is 2. The summed E-state index contributed by atoms with van der Waals surface area (Å²) in [7, 11) is 0. The van der Waals surface area contributed by atoms with Gasteiger partial charge in [0, 0.05) is 12.1 Å². The van der Waals surface area contributed by atoms with Crippen LogP contribution >= 0.6 is 0 Å². The van der Waals surface area contributed by atoms with Crippen molar-refractivity contribution >= 4 is 28.8 Å². The monoisotopic (exact) mass is 326 g/mol. The summed E-state index contributed by atoms with van der Waals surface area (Å²) >= 11 is 0. The van der Waals surface area contributed by atoms with Gasteiger partial charge in [-0.25, -0.2) is 0 Å². The predicted molar refractivity (Wildman–Crippen MR) is 86.4 cm³/mol. The quantitative estimate of drug-likeness (QED) is 0.420. The molecule has 0 bridgehead atoms. The van der Waals surface area contributed by atoms with Crippen molar-refractivity contribution in [2.75, 3.05) is 11.1 Å². The van der Waals surface area contributed by atoms with E-state index in [1.165, 1.54) is 24.3 Å². The SMILES string of the molecule is CCC(=O)Nc1ccc(O)c2c1C(=O)c1c(O)ccc(N)c1C2=O. The number of nitrogens with one attached hydrogen (secondary N) is 1. The van der Waals surface area contributed by atoms with Crippen LogP contribution in [0.4, 0.5) is 11.4 Å². The van der Waals surface area contributed by atoms with Gasteiger partial charge in [0.2, 0.25) is 17.5 Å². The third-order valence-electron chi connectivity index (χ3n) is 3.90. The number of phenols is 2. The van der Waals surface area contributed by atoms with E-state index >= 15 is 0 Å². The zero-order valence-electron chi connectivity index (χ0n) is 12.7. The van der Waals surface area contributed by atoms with Gasteiger partial charge in [0.15, 0.2) is 0 Å². The van der Waals surface area contributed by atoms with Crippen LogP contribution in [0.1, 0.15) is 45.2 Å². The summed E-state index contributed by atoms with van der Waals surface area (Å²) in [5.41, 5.74) is 5.12. The molecule has 0 saturated heterocycles. The van der Waals surface area contributed by atoms with Crippen molar-refractivity contribution in [1.82, 2.24) is 0 Å². The molecule has 122 valence electrons. The van der Waals surface area contributed by atoms with Gasteiger partial charge < -0.3 is 21.3 Å². The van der Waals surface area contributed by atoms with Gasteiger partial charge >= 0.3 is 0 Å². The molecule has 0 unspecified atom stereocenters. The fourth-order valence-corrected chi connectivity index (χ4v) is 2.73. The van der Waals surface area contributed by atoms with E-state index in [0.29, 0.717) is 0 Å². The van der Waals surface area contributed by atoms with Crippen molar-refractivity contribution < 1.29 is 24.6 Å². The minimum absolute atomic E-state index is 0.0224. The van der Waals surface area contributed by atoms with Crippen molar-refractivity contribution in [3.63, 3.8) is 0 Å². The maximum Gasteiger partial charge on any atom is 0.224 e. The second kappa shape index (κ2) is 5.38. The van der Waals surface area contributed by atoms with Crippen LogP contribution in [0.3, 0.4) is 0 Å². The molecule has 24 heavy (non-hydrogen) atoms. The molecule has 0 spiro atoms. The van der Waals surface area contributed by atoms with Gasteiger partial charge in [0.1, 0.15) is 11.5 Å². The lowest BCUT2D eigenvalue weighted by Gasteiger charge is -2.22. The number of carbonyl (C=O) groups excluding carboxylic acids is 3. The van der Waals surface area contributed by atoms with E-state index in [4.69, 9.17) is 5.73 Å². The largest absolute Gasteiger partial charge is 0.507 e. The van der Waals surface area contributed by atoms with E-state index in [-0.39, 0.29) is 51.7 Å². The minimum atomic E-state index is -0.688. The molecule has 0 atom stereocenters. The van der Waals surface area contributed by atoms with E-state index in [1.807, 2.05) is 0 Å². The lowest BCUT2D eigenvalue weighted by molar-refractivity contribution is -0.115. The molecular weight excluding hydrogens is 312 g/mol. The molecule has 0 saturated carbocycles. The lowest BCUT2D eigenvalue weighted by atomic mass is 9.81. The zero-order valence-corrected chi connectivity index (χ0v) is 12.7. The van der Waals surface area contributed by atoms with Crippen molar-refractivity contribution in [1.29, 1.82) is 0 Å². The van der Waals surface area contributed by atoms with Crippen LogP contribution in [-0.2, 0) is 4.79 Å². The molecule has 0 radical (unpaired) electrons. The second-order valence-corrected chi connectivity index (χ2v) is 5.37. The highest BCUT2D eigenvalue weighted by molar-refractivity contribution is 6.33. The number of nitrogens with two attached hydrogens (primary N) is 1. The first-order valence-electron chi connectivity index (χ1n) is 7.23. The Hall–Kier alpha value is -3.35. The molecule has 0 aromatic heterocycles. The summed E-state index contributed by atoms with van der Waals surface area (Å²) in [5, 5.41) is 22.6. The molecule has 0 aliphatic heterocycles. The molecule has 1 aliphatic rings. The Labute approximate surface area is 136 Å². The third-order valence-corrected chi connectivity index (χ3v) is 3.90. The maximum absolute atomic E-state index is 12.8. The molecule has 0 heterocycles. The molecule has 7 heteroatoms. The summed E-state index contributed by atoms with van der Waals surface area (Å²) in [6.45, 7) is 1.64. The van der Waals surface area contributed by atoms with Crippen LogP contribution in [0.15, 0.2) is 24.3 Å². The first-order valence-corrected chi connectivity index (χ1v) is 7.23. The van der Waals surface area contributed by atoms with Crippen molar-refractivity contribution in [2.24, 2.45) is 0 Å². The van der Waals surface area contributed by atoms with Gasteiger partial charge in [-0.2, -0.15) is 0 Å². The number of benzene rings is 2. The summed E-state index contributed by atoms with van der Waals surface area (Å²) in [6.07, 6.45) is 0.173. The smallest absolute Gasteiger partial charge is 0.224 e. The number of fused-ring (bicyclic) bond motifs is 2. The van der Waals surface area contributed by atoms with Gasteiger partial charge in [0.25, 0.3) is 0 Å². The fourth-order valence-electron chi connectivity index (χ4n) is 2.73. The summed E-state index contributed by atoms with van der Waals surface area (Å²) in [5.74, 6) is -2.51. The minimum Gasteiger partial charge on any atom is -0.507 e. The number of amides is 1. The summed E-state index contributed by atoms with van der Waals surface area (Å²) in [6, 6.07) is 5.09. The first kappa shape index (κ1) is 15.5. The number of hydrogen-bond acceptors (Lipinski definition) is 6. The van der Waals surface area contributed by atoms with E-state index < -0.39 is 17.3 Å². The van der Waals surface area contributed by atoms with Gasteiger partial charge in [-0.3, -0.25) is 14.4 Å². The third kappa shape index (κ3) is 2.10. The Morgan fingerprint density at radius 2 is 1.50 bits per heavy atom. The van der Waals surface area contributed by atoms with Crippen LogP contribution < -0.4 is 11.1 Å². The van der Waals surface area contributed by atoms with Crippen molar-refractivity contribution in [3.8, 4) is 11.5 Å². The lowest BCUT2D eigenvalue weighted by Crippen LogP contribution is -2.25. The second-order valence-electron chi connectivity index (χ2n) is 5.37. The Bertz CT molecular complexity index is 918. The standard InChI is InChI=1S/C17H14N2O5/c1-2-11(22)19-8-4-6-10(21)15-13(8)17(24)14-9(20)5-3-7(18)12(14)16(15)23/h3-6,20-21H,2,18H2,1H3,(H,19,22). The van der Waals surface area contributed by atoms with E-state index in [9.17, 15) is 24.6 Å². The van der Waals surface area contributed by atoms with Gasteiger partial charge in [0.05, 0.1) is 27.9 Å². The van der Waals surface area contributed by atoms with E-state index in [0.717, 1.165) is 0 Å². The van der Waals surface area contributed by atoms with Crippen molar-refractivity contribution in [2.45, 2.75) is 13.3 Å². The van der Waals surface area contributed by atoms with Gasteiger partial charge in [-0.05, 0) is 24.3 Å². The zero-order chi connectivity index (χ0) is 17.6. The summed E-state index contributed by atoms with van der Waals surface area (Å²) in [4.78, 5) is 37.2. The highest BCUT2D eigenvalue weighted by Gasteiger charge is 2.37. The average molecular weight is 326 g/mol. The molecule has 7 nitrogen and oxygen atoms in total. The molecule has 1 amide bonds. The van der Waals surface area contributed by atoms with Crippen LogP contribution in [0.2, 0.25) is 0 Å². The average Bonchev–Trinajstić information content (AvgIpc) is 2.55. The normalized spacial score (nSPS) is 12.5.